The number of aryl methyl sites for hydroxylation is 1. The van der Waals surface area contributed by atoms with Crippen molar-refractivity contribution in [3.8, 4) is 0 Å². The third-order valence-electron chi connectivity index (χ3n) is 2.48. The van der Waals surface area contributed by atoms with E-state index in [1.165, 1.54) is 23.5 Å². The Balaban J connectivity index is 2.48. The molecule has 106 valence electrons. The highest BCUT2D eigenvalue weighted by Crippen LogP contribution is 2.38. The third-order valence-corrected chi connectivity index (χ3v) is 3.78. The molecule has 0 N–H and O–H groups in total. The Kier molecular flexibility index (Phi) is 4.15. The Bertz CT molecular complexity index is 662. The predicted octanol–water partition coefficient (Wildman–Crippen LogP) is 5.26. The van der Waals surface area contributed by atoms with E-state index < -0.39 is 11.7 Å². The second kappa shape index (κ2) is 5.54. The molecule has 0 saturated carbocycles. The monoisotopic (exact) mass is 318 g/mol. The van der Waals surface area contributed by atoms with Crippen molar-refractivity contribution >= 4 is 34.3 Å². The fourth-order valence-corrected chi connectivity index (χ4v) is 2.50. The number of nitrogens with zero attached hydrogens (tertiary/aromatic N) is 2. The lowest BCUT2D eigenvalue weighted by atomic mass is 10.1. The molecule has 0 radical (unpaired) electrons. The zero-order chi connectivity index (χ0) is 14.9. The highest BCUT2D eigenvalue weighted by Gasteiger charge is 2.33. The highest BCUT2D eigenvalue weighted by atomic mass is 35.5. The second-order valence-corrected chi connectivity index (χ2v) is 5.45. The summed E-state index contributed by atoms with van der Waals surface area (Å²) in [6.07, 6.45) is -4.50. The van der Waals surface area contributed by atoms with Crippen LogP contribution in [-0.2, 0) is 6.18 Å². The summed E-state index contributed by atoms with van der Waals surface area (Å²) in [7, 11) is 0. The Morgan fingerprint density at radius 3 is 2.60 bits per heavy atom. The number of thiazole rings is 1. The minimum atomic E-state index is -4.50. The van der Waals surface area contributed by atoms with E-state index in [4.69, 9.17) is 11.6 Å². The summed E-state index contributed by atoms with van der Waals surface area (Å²) in [5.74, 6) is 0. The van der Waals surface area contributed by atoms with E-state index in [2.05, 4.69) is 9.98 Å². The van der Waals surface area contributed by atoms with Gasteiger partial charge in [-0.2, -0.15) is 13.2 Å². The highest BCUT2D eigenvalue weighted by molar-refractivity contribution is 7.11. The first-order chi connectivity index (χ1) is 9.27. The number of halogens is 4. The van der Waals surface area contributed by atoms with Crippen LogP contribution in [-0.4, -0.2) is 10.7 Å². The van der Waals surface area contributed by atoms with Crippen molar-refractivity contribution < 1.29 is 13.2 Å². The molecule has 0 fully saturated rings. The molecule has 0 amide bonds. The van der Waals surface area contributed by atoms with Gasteiger partial charge in [0.25, 0.3) is 0 Å². The summed E-state index contributed by atoms with van der Waals surface area (Å²) in [5, 5.41) is 2.45. The van der Waals surface area contributed by atoms with Crippen molar-refractivity contribution in [2.75, 3.05) is 0 Å². The van der Waals surface area contributed by atoms with Crippen LogP contribution in [0.1, 0.15) is 23.2 Å². The van der Waals surface area contributed by atoms with E-state index in [0.29, 0.717) is 10.7 Å². The number of hydrogen-bond donors (Lipinski definition) is 0. The number of alkyl halides is 3. The molecule has 0 saturated heterocycles. The number of benzene rings is 1. The average Bonchev–Trinajstić information content (AvgIpc) is 2.77. The Morgan fingerprint density at radius 1 is 1.35 bits per heavy atom. The molecule has 0 bridgehead atoms. The zero-order valence-corrected chi connectivity index (χ0v) is 12.2. The van der Waals surface area contributed by atoms with Crippen molar-refractivity contribution in [1.82, 2.24) is 4.98 Å². The minimum absolute atomic E-state index is 0.0269. The molecule has 2 nitrogen and oxygen atoms in total. The minimum Gasteiger partial charge on any atom is -0.250 e. The first-order valence-electron chi connectivity index (χ1n) is 5.62. The smallest absolute Gasteiger partial charge is 0.250 e. The molecule has 1 heterocycles. The van der Waals surface area contributed by atoms with Crippen LogP contribution in [0.5, 0.6) is 0 Å². The molecule has 0 aliphatic heterocycles. The number of aliphatic imine (C=N–C) groups is 1. The van der Waals surface area contributed by atoms with E-state index in [1.807, 2.05) is 12.3 Å². The van der Waals surface area contributed by atoms with Crippen molar-refractivity contribution in [1.29, 1.82) is 0 Å². The molecule has 0 aliphatic carbocycles. The molecule has 0 spiro atoms. The Labute approximate surface area is 123 Å². The molecule has 7 heteroatoms. The predicted molar refractivity (Wildman–Crippen MR) is 75.2 cm³/mol. The molecule has 1 aromatic carbocycles. The van der Waals surface area contributed by atoms with Crippen molar-refractivity contribution in [3.05, 3.63) is 44.9 Å². The Morgan fingerprint density at radius 2 is 2.05 bits per heavy atom. The third kappa shape index (κ3) is 3.37. The van der Waals surface area contributed by atoms with Gasteiger partial charge in [0.05, 0.1) is 17.0 Å². The molecule has 1 aromatic heterocycles. The summed E-state index contributed by atoms with van der Waals surface area (Å²) < 4.78 is 38.8. The number of hydrogen-bond acceptors (Lipinski definition) is 3. The maximum Gasteiger partial charge on any atom is 0.418 e. The summed E-state index contributed by atoms with van der Waals surface area (Å²) in [5.41, 5.74) is 0.243. The Hall–Kier alpha value is -1.40. The molecule has 20 heavy (non-hydrogen) atoms. The van der Waals surface area contributed by atoms with Gasteiger partial charge in [-0.1, -0.05) is 11.6 Å². The van der Waals surface area contributed by atoms with E-state index in [1.54, 1.807) is 6.92 Å². The van der Waals surface area contributed by atoms with Gasteiger partial charge >= 0.3 is 6.18 Å². The van der Waals surface area contributed by atoms with Crippen molar-refractivity contribution in [3.63, 3.8) is 0 Å². The largest absolute Gasteiger partial charge is 0.418 e. The van der Waals surface area contributed by atoms with Gasteiger partial charge in [0.1, 0.15) is 5.01 Å². The van der Waals surface area contributed by atoms with Gasteiger partial charge < -0.3 is 0 Å². The van der Waals surface area contributed by atoms with Gasteiger partial charge in [-0.3, -0.25) is 0 Å². The van der Waals surface area contributed by atoms with Crippen molar-refractivity contribution in [2.24, 2.45) is 4.99 Å². The van der Waals surface area contributed by atoms with Crippen LogP contribution in [0.15, 0.2) is 28.6 Å². The standard InChI is InChI=1S/C13H10ClF3N2S/c1-7-6-20-12(18-7)8(2)19-11-4-3-9(14)5-10(11)13(15,16)17/h3-6H,1-2H3. The quantitative estimate of drug-likeness (QED) is 0.693. The first kappa shape index (κ1) is 15.0. The van der Waals surface area contributed by atoms with E-state index in [9.17, 15) is 13.2 Å². The topological polar surface area (TPSA) is 25.2 Å². The fourth-order valence-electron chi connectivity index (χ4n) is 1.58. The van der Waals surface area contributed by atoms with Gasteiger partial charge in [-0.25, -0.2) is 9.98 Å². The van der Waals surface area contributed by atoms with Gasteiger partial charge in [0.15, 0.2) is 0 Å². The van der Waals surface area contributed by atoms with Crippen LogP contribution in [0.4, 0.5) is 18.9 Å². The molecule has 2 aromatic rings. The summed E-state index contributed by atoms with van der Waals surface area (Å²) >= 11 is 6.97. The maximum atomic E-state index is 12.9. The van der Waals surface area contributed by atoms with Crippen LogP contribution in [0.2, 0.25) is 5.02 Å². The van der Waals surface area contributed by atoms with Crippen LogP contribution in [0.3, 0.4) is 0 Å². The van der Waals surface area contributed by atoms with E-state index in [-0.39, 0.29) is 10.7 Å². The van der Waals surface area contributed by atoms with Crippen LogP contribution >= 0.6 is 22.9 Å². The summed E-state index contributed by atoms with van der Waals surface area (Å²) in [6, 6.07) is 3.52. The van der Waals surface area contributed by atoms with Gasteiger partial charge in [0.2, 0.25) is 0 Å². The fraction of sp³-hybridized carbons (Fsp3) is 0.231. The summed E-state index contributed by atoms with van der Waals surface area (Å²) in [4.78, 5) is 8.23. The lowest BCUT2D eigenvalue weighted by molar-refractivity contribution is -0.137. The molecular weight excluding hydrogens is 309 g/mol. The van der Waals surface area contributed by atoms with Crippen LogP contribution in [0.25, 0.3) is 0 Å². The van der Waals surface area contributed by atoms with Gasteiger partial charge in [0, 0.05) is 16.1 Å². The first-order valence-corrected chi connectivity index (χ1v) is 6.87. The van der Waals surface area contributed by atoms with Crippen molar-refractivity contribution in [2.45, 2.75) is 20.0 Å². The van der Waals surface area contributed by atoms with Gasteiger partial charge in [-0.05, 0) is 32.0 Å². The van der Waals surface area contributed by atoms with Gasteiger partial charge in [-0.15, -0.1) is 11.3 Å². The summed E-state index contributed by atoms with van der Waals surface area (Å²) in [6.45, 7) is 3.45. The lowest BCUT2D eigenvalue weighted by Crippen LogP contribution is -2.06. The molecule has 0 aliphatic rings. The number of rotatable bonds is 2. The average molecular weight is 319 g/mol. The van der Waals surface area contributed by atoms with E-state index in [0.717, 1.165) is 11.8 Å². The zero-order valence-electron chi connectivity index (χ0n) is 10.6. The van der Waals surface area contributed by atoms with E-state index >= 15 is 0 Å². The van der Waals surface area contributed by atoms with Crippen LogP contribution in [0, 0.1) is 6.92 Å². The molecule has 2 rings (SSSR count). The second-order valence-electron chi connectivity index (χ2n) is 4.15. The lowest BCUT2D eigenvalue weighted by Gasteiger charge is -2.10. The molecule has 0 atom stereocenters. The number of aromatic nitrogens is 1. The molecule has 0 unspecified atom stereocenters. The maximum absolute atomic E-state index is 12.9. The SMILES string of the molecule is CC(=Nc1ccc(Cl)cc1C(F)(F)F)c1nc(C)cs1. The normalized spacial score (nSPS) is 12.8. The molecular formula is C13H10ClF3N2S. The van der Waals surface area contributed by atoms with Crippen LogP contribution < -0.4 is 0 Å².